The molecule has 1 aromatic rings. The van der Waals surface area contributed by atoms with Crippen LogP contribution in [0.15, 0.2) is 22.7 Å². The van der Waals surface area contributed by atoms with E-state index < -0.39 is 0 Å². The van der Waals surface area contributed by atoms with E-state index in [0.29, 0.717) is 6.54 Å². The number of benzene rings is 1. The number of nitrogens with two attached hydrogens (primary N) is 1. The fraction of sp³-hybridized carbons (Fsp3) is 0.600. The number of hydrogen-bond donors (Lipinski definition) is 1. The third-order valence-electron chi connectivity index (χ3n) is 3.81. The monoisotopic (exact) mass is 326 g/mol. The van der Waals surface area contributed by atoms with Crippen LogP contribution in [0.3, 0.4) is 0 Å². The maximum atomic E-state index is 5.72. The minimum absolute atomic E-state index is 0.698. The molecule has 0 radical (unpaired) electrons. The molecular weight excluding hydrogens is 304 g/mol. The summed E-state index contributed by atoms with van der Waals surface area (Å²) < 4.78 is 6.39. The lowest BCUT2D eigenvalue weighted by Gasteiger charge is -2.34. The van der Waals surface area contributed by atoms with Crippen LogP contribution in [-0.4, -0.2) is 33.4 Å². The lowest BCUT2D eigenvalue weighted by Crippen LogP contribution is -2.35. The van der Waals surface area contributed by atoms with Crippen molar-refractivity contribution in [2.45, 2.75) is 19.3 Å². The van der Waals surface area contributed by atoms with Gasteiger partial charge in [0.2, 0.25) is 0 Å². The molecule has 1 aromatic carbocycles. The summed E-state index contributed by atoms with van der Waals surface area (Å²) in [5.74, 6) is 0.717. The van der Waals surface area contributed by atoms with Crippen molar-refractivity contribution in [2.24, 2.45) is 11.7 Å². The smallest absolute Gasteiger partial charge is 0.0491 e. The standard InChI is InChI=1S/C15H23BrN2O/c1-19-11-12-5-8-18(9-6-12)15-3-2-14(16)10-13(15)4-7-17/h2-3,10,12H,4-9,11,17H2,1H3. The molecule has 4 heteroatoms. The first-order valence-corrected chi connectivity index (χ1v) is 7.76. The van der Waals surface area contributed by atoms with Crippen molar-refractivity contribution in [1.29, 1.82) is 0 Å². The zero-order valence-corrected chi connectivity index (χ0v) is 13.2. The van der Waals surface area contributed by atoms with Gasteiger partial charge in [0, 0.05) is 37.0 Å². The maximum absolute atomic E-state index is 5.72. The summed E-state index contributed by atoms with van der Waals surface area (Å²) in [5, 5.41) is 0. The fourth-order valence-corrected chi connectivity index (χ4v) is 3.20. The van der Waals surface area contributed by atoms with Crippen molar-refractivity contribution in [1.82, 2.24) is 0 Å². The molecule has 0 amide bonds. The summed E-state index contributed by atoms with van der Waals surface area (Å²) in [6.45, 7) is 3.83. The summed E-state index contributed by atoms with van der Waals surface area (Å²) >= 11 is 3.54. The highest BCUT2D eigenvalue weighted by atomic mass is 79.9. The number of ether oxygens (including phenoxy) is 1. The molecule has 0 unspecified atom stereocenters. The van der Waals surface area contributed by atoms with Crippen LogP contribution < -0.4 is 10.6 Å². The predicted octanol–water partition coefficient (Wildman–Crippen LogP) is 2.81. The van der Waals surface area contributed by atoms with Crippen molar-refractivity contribution in [3.8, 4) is 0 Å². The van der Waals surface area contributed by atoms with Gasteiger partial charge in [0.1, 0.15) is 0 Å². The number of anilines is 1. The summed E-state index contributed by atoms with van der Waals surface area (Å²) in [7, 11) is 1.79. The van der Waals surface area contributed by atoms with Crippen LogP contribution in [0.2, 0.25) is 0 Å². The minimum Gasteiger partial charge on any atom is -0.384 e. The Morgan fingerprint density at radius 2 is 2.11 bits per heavy atom. The van der Waals surface area contributed by atoms with Crippen LogP contribution in [0, 0.1) is 5.92 Å². The van der Waals surface area contributed by atoms with Crippen LogP contribution in [-0.2, 0) is 11.2 Å². The number of rotatable bonds is 5. The summed E-state index contributed by atoms with van der Waals surface area (Å²) in [6.07, 6.45) is 3.37. The molecule has 0 aromatic heterocycles. The van der Waals surface area contributed by atoms with Gasteiger partial charge in [-0.3, -0.25) is 0 Å². The molecule has 2 rings (SSSR count). The molecule has 1 aliphatic rings. The Kier molecular flexibility index (Phi) is 5.67. The molecule has 0 bridgehead atoms. The van der Waals surface area contributed by atoms with E-state index in [9.17, 15) is 0 Å². The normalized spacial score (nSPS) is 16.9. The fourth-order valence-electron chi connectivity index (χ4n) is 2.79. The van der Waals surface area contributed by atoms with E-state index in [4.69, 9.17) is 10.5 Å². The third-order valence-corrected chi connectivity index (χ3v) is 4.31. The number of hydrogen-bond acceptors (Lipinski definition) is 3. The van der Waals surface area contributed by atoms with Crippen LogP contribution in [0.4, 0.5) is 5.69 Å². The van der Waals surface area contributed by atoms with Crippen molar-refractivity contribution in [3.63, 3.8) is 0 Å². The van der Waals surface area contributed by atoms with Gasteiger partial charge in [-0.25, -0.2) is 0 Å². The first kappa shape index (κ1) is 14.8. The lowest BCUT2D eigenvalue weighted by atomic mass is 9.96. The van der Waals surface area contributed by atoms with E-state index in [-0.39, 0.29) is 0 Å². The van der Waals surface area contributed by atoms with Gasteiger partial charge < -0.3 is 15.4 Å². The van der Waals surface area contributed by atoms with E-state index in [0.717, 1.165) is 36.5 Å². The number of methoxy groups -OCH3 is 1. The predicted molar refractivity (Wildman–Crippen MR) is 83.7 cm³/mol. The molecular formula is C15H23BrN2O. The van der Waals surface area contributed by atoms with Crippen molar-refractivity contribution in [2.75, 3.05) is 38.3 Å². The number of piperidine rings is 1. The highest BCUT2D eigenvalue weighted by Crippen LogP contribution is 2.29. The van der Waals surface area contributed by atoms with Gasteiger partial charge in [-0.2, -0.15) is 0 Å². The maximum Gasteiger partial charge on any atom is 0.0491 e. The molecule has 3 nitrogen and oxygen atoms in total. The summed E-state index contributed by atoms with van der Waals surface area (Å²) in [6, 6.07) is 6.53. The molecule has 0 saturated carbocycles. The number of nitrogens with zero attached hydrogens (tertiary/aromatic N) is 1. The molecule has 2 N–H and O–H groups in total. The van der Waals surface area contributed by atoms with Gasteiger partial charge in [0.05, 0.1) is 0 Å². The second-order valence-corrected chi connectivity index (χ2v) is 6.11. The molecule has 19 heavy (non-hydrogen) atoms. The van der Waals surface area contributed by atoms with Crippen molar-refractivity contribution < 1.29 is 4.74 Å². The van der Waals surface area contributed by atoms with E-state index in [1.165, 1.54) is 24.1 Å². The summed E-state index contributed by atoms with van der Waals surface area (Å²) in [4.78, 5) is 2.49. The van der Waals surface area contributed by atoms with Gasteiger partial charge in [-0.15, -0.1) is 0 Å². The Labute approximate surface area is 124 Å². The van der Waals surface area contributed by atoms with Gasteiger partial charge in [-0.1, -0.05) is 15.9 Å². The second-order valence-electron chi connectivity index (χ2n) is 5.20. The van der Waals surface area contributed by atoms with Crippen LogP contribution in [0.25, 0.3) is 0 Å². The Morgan fingerprint density at radius 1 is 1.37 bits per heavy atom. The van der Waals surface area contributed by atoms with Crippen molar-refractivity contribution >= 4 is 21.6 Å². The first-order valence-electron chi connectivity index (χ1n) is 6.97. The van der Waals surface area contributed by atoms with Crippen LogP contribution in [0.5, 0.6) is 0 Å². The van der Waals surface area contributed by atoms with E-state index in [1.54, 1.807) is 7.11 Å². The minimum atomic E-state index is 0.698. The Bertz CT molecular complexity index is 403. The number of halogens is 1. The Morgan fingerprint density at radius 3 is 2.74 bits per heavy atom. The first-order chi connectivity index (χ1) is 9.24. The molecule has 0 aliphatic carbocycles. The lowest BCUT2D eigenvalue weighted by molar-refractivity contribution is 0.139. The topological polar surface area (TPSA) is 38.5 Å². The second kappa shape index (κ2) is 7.27. The Hall–Kier alpha value is -0.580. The third kappa shape index (κ3) is 3.94. The summed E-state index contributed by atoms with van der Waals surface area (Å²) in [5.41, 5.74) is 8.42. The highest BCUT2D eigenvalue weighted by Gasteiger charge is 2.20. The van der Waals surface area contributed by atoms with Gasteiger partial charge in [0.25, 0.3) is 0 Å². The molecule has 1 aliphatic heterocycles. The van der Waals surface area contributed by atoms with Gasteiger partial charge in [-0.05, 0) is 55.5 Å². The van der Waals surface area contributed by atoms with Gasteiger partial charge >= 0.3 is 0 Å². The zero-order chi connectivity index (χ0) is 13.7. The van der Waals surface area contributed by atoms with E-state index >= 15 is 0 Å². The van der Waals surface area contributed by atoms with E-state index in [2.05, 4.69) is 39.0 Å². The average molecular weight is 327 g/mol. The molecule has 1 fully saturated rings. The zero-order valence-electron chi connectivity index (χ0n) is 11.6. The molecule has 0 atom stereocenters. The van der Waals surface area contributed by atoms with Crippen LogP contribution in [0.1, 0.15) is 18.4 Å². The quantitative estimate of drug-likeness (QED) is 0.904. The molecule has 0 spiro atoms. The molecule has 106 valence electrons. The molecule has 1 saturated heterocycles. The largest absolute Gasteiger partial charge is 0.384 e. The average Bonchev–Trinajstić information content (AvgIpc) is 2.41. The van der Waals surface area contributed by atoms with Gasteiger partial charge in [0.15, 0.2) is 0 Å². The highest BCUT2D eigenvalue weighted by molar-refractivity contribution is 9.10. The van der Waals surface area contributed by atoms with Crippen molar-refractivity contribution in [3.05, 3.63) is 28.2 Å². The van der Waals surface area contributed by atoms with E-state index in [1.807, 2.05) is 0 Å². The Balaban J connectivity index is 2.06. The molecule has 1 heterocycles. The SMILES string of the molecule is COCC1CCN(c2ccc(Br)cc2CCN)CC1. The van der Waals surface area contributed by atoms with Crippen LogP contribution >= 0.6 is 15.9 Å².